The summed E-state index contributed by atoms with van der Waals surface area (Å²) in [7, 11) is -1.17. The molecule has 1 unspecified atom stereocenters. The van der Waals surface area contributed by atoms with Gasteiger partial charge in [-0.25, -0.2) is 0 Å². The van der Waals surface area contributed by atoms with E-state index in [9.17, 15) is 14.3 Å². The highest BCUT2D eigenvalue weighted by atomic mass is 35.5. The average Bonchev–Trinajstić information content (AvgIpc) is 2.88. The molecule has 1 aromatic carbocycles. The summed E-state index contributed by atoms with van der Waals surface area (Å²) in [5.41, 5.74) is 1.61. The van der Waals surface area contributed by atoms with E-state index in [1.165, 1.54) is 6.07 Å². The van der Waals surface area contributed by atoms with Gasteiger partial charge in [0.2, 0.25) is 0 Å². The Kier molecular flexibility index (Phi) is 5.05. The van der Waals surface area contributed by atoms with Crippen molar-refractivity contribution in [3.05, 3.63) is 67.4 Å². The van der Waals surface area contributed by atoms with Gasteiger partial charge in [0, 0.05) is 21.9 Å². The molecule has 0 saturated carbocycles. The van der Waals surface area contributed by atoms with Crippen LogP contribution in [-0.4, -0.2) is 9.13 Å². The molecule has 0 bridgehead atoms. The summed E-state index contributed by atoms with van der Waals surface area (Å²) in [6, 6.07) is 8.60. The molecule has 0 aliphatic rings. The molecule has 2 rings (SSSR count). The molecule has 20 heavy (non-hydrogen) atoms. The molecule has 4 nitrogen and oxygen atoms in total. The molecule has 7 heteroatoms. The Labute approximate surface area is 127 Å². The molecule has 0 spiro atoms. The molecular weight excluding hydrogens is 318 g/mol. The molecule has 1 heterocycles. The van der Waals surface area contributed by atoms with Crippen LogP contribution in [0.3, 0.4) is 0 Å². The molecule has 104 valence electrons. The lowest BCUT2D eigenvalue weighted by molar-refractivity contribution is -0.380. The Bertz CT molecular complexity index is 665. The van der Waals surface area contributed by atoms with Crippen molar-refractivity contribution in [2.24, 2.45) is 0 Å². The first-order valence-electron chi connectivity index (χ1n) is 5.57. The summed E-state index contributed by atoms with van der Waals surface area (Å²) < 4.78 is 11.9. The van der Waals surface area contributed by atoms with Crippen LogP contribution in [0.2, 0.25) is 5.02 Å². The second-order valence-electron chi connectivity index (χ2n) is 3.93. The third kappa shape index (κ3) is 4.26. The minimum atomic E-state index is -1.17. The summed E-state index contributed by atoms with van der Waals surface area (Å²) in [5, 5.41) is 14.5. The zero-order valence-electron chi connectivity index (χ0n) is 10.2. The van der Waals surface area contributed by atoms with Gasteiger partial charge in [-0.1, -0.05) is 35.1 Å². The Morgan fingerprint density at radius 2 is 2.05 bits per heavy atom. The van der Waals surface area contributed by atoms with Crippen LogP contribution in [0.25, 0.3) is 6.08 Å². The van der Waals surface area contributed by atoms with Crippen molar-refractivity contribution < 1.29 is 9.13 Å². The number of hydrogen-bond acceptors (Lipinski definition) is 4. The topological polar surface area (TPSA) is 60.2 Å². The van der Waals surface area contributed by atoms with Crippen LogP contribution in [0.4, 0.5) is 5.00 Å². The number of benzene rings is 1. The van der Waals surface area contributed by atoms with E-state index < -0.39 is 15.7 Å². The Hall–Kier alpha value is -1.50. The van der Waals surface area contributed by atoms with Crippen molar-refractivity contribution in [1.82, 2.24) is 0 Å². The highest BCUT2D eigenvalue weighted by molar-refractivity contribution is 7.87. The maximum atomic E-state index is 11.9. The molecule has 0 aliphatic carbocycles. The highest BCUT2D eigenvalue weighted by Crippen LogP contribution is 2.23. The molecule has 0 radical (unpaired) electrons. The molecule has 0 amide bonds. The van der Waals surface area contributed by atoms with E-state index in [1.54, 1.807) is 29.0 Å². The summed E-state index contributed by atoms with van der Waals surface area (Å²) >= 11 is 6.82. The van der Waals surface area contributed by atoms with E-state index in [-0.39, 0.29) is 5.00 Å². The lowest BCUT2D eigenvalue weighted by Crippen LogP contribution is -1.90. The largest absolute Gasteiger partial charge is 0.324 e. The molecule has 0 saturated heterocycles. The summed E-state index contributed by atoms with van der Waals surface area (Å²) in [4.78, 5) is 10.1. The number of nitrogens with zero attached hydrogens (tertiary/aromatic N) is 1. The number of thiophene rings is 1. The summed E-state index contributed by atoms with van der Waals surface area (Å²) in [5.74, 6) is 0.389. The predicted octanol–water partition coefficient (Wildman–Crippen LogP) is 4.23. The van der Waals surface area contributed by atoms with Gasteiger partial charge in [0.15, 0.2) is 0 Å². The van der Waals surface area contributed by atoms with Crippen LogP contribution in [-0.2, 0) is 16.6 Å². The Morgan fingerprint density at radius 1 is 1.35 bits per heavy atom. The van der Waals surface area contributed by atoms with E-state index >= 15 is 0 Å². The van der Waals surface area contributed by atoms with Crippen LogP contribution >= 0.6 is 22.9 Å². The third-order valence-electron chi connectivity index (χ3n) is 2.42. The second kappa shape index (κ2) is 6.78. The van der Waals surface area contributed by atoms with Gasteiger partial charge >= 0.3 is 5.00 Å². The SMILES string of the molecule is O=[N+]([O-])c1cc(/C=C/S(=O)Cc2ccc(Cl)cc2)cs1. The molecule has 0 aliphatic heterocycles. The van der Waals surface area contributed by atoms with Crippen molar-refractivity contribution in [1.29, 1.82) is 0 Å². The fourth-order valence-corrected chi connectivity index (χ4v) is 3.22. The predicted molar refractivity (Wildman–Crippen MR) is 83.3 cm³/mol. The number of hydrogen-bond donors (Lipinski definition) is 0. The van der Waals surface area contributed by atoms with Gasteiger partial charge in [0.05, 0.1) is 21.5 Å². The van der Waals surface area contributed by atoms with Crippen LogP contribution in [0.15, 0.2) is 41.1 Å². The van der Waals surface area contributed by atoms with Crippen LogP contribution < -0.4 is 0 Å². The third-order valence-corrected chi connectivity index (χ3v) is 4.63. The van der Waals surface area contributed by atoms with Gasteiger partial charge in [-0.15, -0.1) is 0 Å². The van der Waals surface area contributed by atoms with Crippen molar-refractivity contribution in [3.8, 4) is 0 Å². The minimum Gasteiger partial charge on any atom is -0.258 e. The van der Waals surface area contributed by atoms with Gasteiger partial charge in [-0.05, 0) is 29.3 Å². The molecule has 0 N–H and O–H groups in total. The van der Waals surface area contributed by atoms with E-state index in [4.69, 9.17) is 11.6 Å². The average molecular weight is 328 g/mol. The molecule has 0 fully saturated rings. The minimum absolute atomic E-state index is 0.0770. The number of halogens is 1. The van der Waals surface area contributed by atoms with Crippen molar-refractivity contribution >= 4 is 44.8 Å². The Balaban J connectivity index is 1.98. The monoisotopic (exact) mass is 327 g/mol. The van der Waals surface area contributed by atoms with E-state index in [2.05, 4.69) is 0 Å². The zero-order valence-corrected chi connectivity index (χ0v) is 12.6. The van der Waals surface area contributed by atoms with Crippen LogP contribution in [0.5, 0.6) is 0 Å². The van der Waals surface area contributed by atoms with Gasteiger partial charge in [-0.2, -0.15) is 0 Å². The van der Waals surface area contributed by atoms with Crippen LogP contribution in [0.1, 0.15) is 11.1 Å². The molecule has 2 aromatic rings. The van der Waals surface area contributed by atoms with E-state index in [0.717, 1.165) is 16.9 Å². The smallest absolute Gasteiger partial charge is 0.258 e. The lowest BCUT2D eigenvalue weighted by atomic mass is 10.2. The van der Waals surface area contributed by atoms with Gasteiger partial charge in [0.25, 0.3) is 0 Å². The van der Waals surface area contributed by atoms with Gasteiger partial charge < -0.3 is 0 Å². The van der Waals surface area contributed by atoms with Gasteiger partial charge in [0.1, 0.15) is 0 Å². The fraction of sp³-hybridized carbons (Fsp3) is 0.0769. The molecular formula is C13H10ClNO3S2. The number of rotatable bonds is 5. The maximum Gasteiger partial charge on any atom is 0.324 e. The normalized spacial score (nSPS) is 12.7. The van der Waals surface area contributed by atoms with Crippen molar-refractivity contribution in [3.63, 3.8) is 0 Å². The number of nitro groups is 1. The second-order valence-corrected chi connectivity index (χ2v) is 6.58. The van der Waals surface area contributed by atoms with E-state index in [0.29, 0.717) is 16.3 Å². The first-order valence-corrected chi connectivity index (χ1v) is 8.21. The summed E-state index contributed by atoms with van der Waals surface area (Å²) in [6.45, 7) is 0. The first kappa shape index (κ1) is 14.9. The van der Waals surface area contributed by atoms with Crippen LogP contribution in [0, 0.1) is 10.1 Å². The van der Waals surface area contributed by atoms with Crippen molar-refractivity contribution in [2.75, 3.05) is 0 Å². The standard InChI is InChI=1S/C13H10ClNO3S2/c14-12-3-1-10(2-4-12)9-20(18)6-5-11-7-13(15(16)17)19-8-11/h1-8H,9H2/b6-5+. The quantitative estimate of drug-likeness (QED) is 0.610. The summed E-state index contributed by atoms with van der Waals surface area (Å²) in [6.07, 6.45) is 1.63. The van der Waals surface area contributed by atoms with Crippen molar-refractivity contribution in [2.45, 2.75) is 5.75 Å². The van der Waals surface area contributed by atoms with Gasteiger partial charge in [-0.3, -0.25) is 14.3 Å². The first-order chi connectivity index (χ1) is 9.54. The van der Waals surface area contributed by atoms with E-state index in [1.807, 2.05) is 12.1 Å². The Morgan fingerprint density at radius 3 is 2.65 bits per heavy atom. The fourth-order valence-electron chi connectivity index (χ4n) is 1.47. The zero-order chi connectivity index (χ0) is 14.5. The molecule has 1 atom stereocenters. The maximum absolute atomic E-state index is 11.9. The molecule has 1 aromatic heterocycles. The lowest BCUT2D eigenvalue weighted by Gasteiger charge is -1.98. The highest BCUT2D eigenvalue weighted by Gasteiger charge is 2.07.